The molecule has 60 valence electrons. The standard InChI is InChI=1S/C9H18O/c1-7(6-8(2)10)9-4-3-5-9/h7-10H,3-6H2,1-2H3. The van der Waals surface area contributed by atoms with Crippen molar-refractivity contribution >= 4 is 0 Å². The lowest BCUT2D eigenvalue weighted by atomic mass is 9.75. The Labute approximate surface area is 63.4 Å². The van der Waals surface area contributed by atoms with E-state index in [0.29, 0.717) is 0 Å². The van der Waals surface area contributed by atoms with Crippen molar-refractivity contribution in [3.05, 3.63) is 0 Å². The lowest BCUT2D eigenvalue weighted by Gasteiger charge is -2.32. The maximum absolute atomic E-state index is 9.09. The smallest absolute Gasteiger partial charge is 0.0514 e. The highest BCUT2D eigenvalue weighted by Gasteiger charge is 2.24. The minimum atomic E-state index is -0.101. The monoisotopic (exact) mass is 142 g/mol. The number of aliphatic hydroxyl groups excluding tert-OH is 1. The molecule has 0 spiro atoms. The van der Waals surface area contributed by atoms with Crippen LogP contribution < -0.4 is 0 Å². The van der Waals surface area contributed by atoms with Gasteiger partial charge in [-0.1, -0.05) is 26.2 Å². The van der Waals surface area contributed by atoms with Crippen LogP contribution in [0.4, 0.5) is 0 Å². The highest BCUT2D eigenvalue weighted by atomic mass is 16.3. The average Bonchev–Trinajstić information content (AvgIpc) is 1.55. The Hall–Kier alpha value is -0.0400. The first-order valence-electron chi connectivity index (χ1n) is 4.38. The van der Waals surface area contributed by atoms with Crippen LogP contribution in [0, 0.1) is 11.8 Å². The third-order valence-corrected chi connectivity index (χ3v) is 2.67. The largest absolute Gasteiger partial charge is 0.393 e. The summed E-state index contributed by atoms with van der Waals surface area (Å²) < 4.78 is 0. The zero-order valence-electron chi connectivity index (χ0n) is 7.01. The summed E-state index contributed by atoms with van der Waals surface area (Å²) in [6, 6.07) is 0. The van der Waals surface area contributed by atoms with E-state index in [1.807, 2.05) is 6.92 Å². The molecule has 0 aromatic rings. The highest BCUT2D eigenvalue weighted by molar-refractivity contribution is 4.75. The topological polar surface area (TPSA) is 20.2 Å². The van der Waals surface area contributed by atoms with E-state index < -0.39 is 0 Å². The first-order valence-corrected chi connectivity index (χ1v) is 4.38. The van der Waals surface area contributed by atoms with Crippen molar-refractivity contribution in [2.45, 2.75) is 45.6 Å². The van der Waals surface area contributed by atoms with Crippen LogP contribution in [0.1, 0.15) is 39.5 Å². The summed E-state index contributed by atoms with van der Waals surface area (Å²) in [7, 11) is 0. The average molecular weight is 142 g/mol. The van der Waals surface area contributed by atoms with Crippen molar-refractivity contribution in [3.8, 4) is 0 Å². The van der Waals surface area contributed by atoms with Crippen molar-refractivity contribution in [3.63, 3.8) is 0 Å². The molecule has 1 saturated carbocycles. The molecule has 1 fully saturated rings. The predicted molar refractivity (Wildman–Crippen MR) is 42.8 cm³/mol. The van der Waals surface area contributed by atoms with E-state index in [0.717, 1.165) is 18.3 Å². The lowest BCUT2D eigenvalue weighted by molar-refractivity contribution is 0.120. The molecule has 2 atom stereocenters. The molecular weight excluding hydrogens is 124 g/mol. The van der Waals surface area contributed by atoms with E-state index >= 15 is 0 Å². The van der Waals surface area contributed by atoms with E-state index in [1.165, 1.54) is 19.3 Å². The molecule has 0 bridgehead atoms. The number of aliphatic hydroxyl groups is 1. The zero-order chi connectivity index (χ0) is 7.56. The van der Waals surface area contributed by atoms with Gasteiger partial charge in [0, 0.05) is 0 Å². The Kier molecular flexibility index (Phi) is 2.72. The van der Waals surface area contributed by atoms with Gasteiger partial charge in [-0.2, -0.15) is 0 Å². The molecule has 1 rings (SSSR count). The summed E-state index contributed by atoms with van der Waals surface area (Å²) in [4.78, 5) is 0. The second-order valence-corrected chi connectivity index (χ2v) is 3.75. The van der Waals surface area contributed by atoms with E-state index in [-0.39, 0.29) is 6.10 Å². The maximum atomic E-state index is 9.09. The van der Waals surface area contributed by atoms with Crippen molar-refractivity contribution in [1.29, 1.82) is 0 Å². The maximum Gasteiger partial charge on any atom is 0.0514 e. The summed E-state index contributed by atoms with van der Waals surface area (Å²) in [5.74, 6) is 1.67. The van der Waals surface area contributed by atoms with Crippen LogP contribution >= 0.6 is 0 Å². The van der Waals surface area contributed by atoms with Gasteiger partial charge >= 0.3 is 0 Å². The molecule has 0 aromatic heterocycles. The molecule has 0 amide bonds. The molecule has 1 aliphatic rings. The van der Waals surface area contributed by atoms with Crippen LogP contribution in [0.25, 0.3) is 0 Å². The quantitative estimate of drug-likeness (QED) is 0.640. The number of rotatable bonds is 3. The van der Waals surface area contributed by atoms with Gasteiger partial charge in [-0.15, -0.1) is 0 Å². The molecule has 1 aliphatic carbocycles. The molecule has 10 heavy (non-hydrogen) atoms. The lowest BCUT2D eigenvalue weighted by Crippen LogP contribution is -2.22. The van der Waals surface area contributed by atoms with Crippen molar-refractivity contribution in [1.82, 2.24) is 0 Å². The van der Waals surface area contributed by atoms with E-state index in [1.54, 1.807) is 0 Å². The molecule has 2 unspecified atom stereocenters. The van der Waals surface area contributed by atoms with Gasteiger partial charge in [-0.3, -0.25) is 0 Å². The van der Waals surface area contributed by atoms with Gasteiger partial charge in [0.2, 0.25) is 0 Å². The summed E-state index contributed by atoms with van der Waals surface area (Å²) >= 11 is 0. The molecule has 1 nitrogen and oxygen atoms in total. The van der Waals surface area contributed by atoms with Gasteiger partial charge < -0.3 is 5.11 Å². The highest BCUT2D eigenvalue weighted by Crippen LogP contribution is 2.35. The second kappa shape index (κ2) is 3.38. The van der Waals surface area contributed by atoms with Gasteiger partial charge in [-0.05, 0) is 25.2 Å². The molecule has 1 N–H and O–H groups in total. The van der Waals surface area contributed by atoms with Gasteiger partial charge in [0.15, 0.2) is 0 Å². The molecule has 0 aromatic carbocycles. The Morgan fingerprint density at radius 2 is 2.00 bits per heavy atom. The van der Waals surface area contributed by atoms with Crippen molar-refractivity contribution in [2.24, 2.45) is 11.8 Å². The van der Waals surface area contributed by atoms with Crippen LogP contribution in [-0.2, 0) is 0 Å². The fourth-order valence-electron chi connectivity index (χ4n) is 1.74. The Bertz CT molecular complexity index is 94.9. The third kappa shape index (κ3) is 1.98. The minimum absolute atomic E-state index is 0.101. The predicted octanol–water partition coefficient (Wildman–Crippen LogP) is 2.19. The van der Waals surface area contributed by atoms with Crippen LogP contribution in [0.15, 0.2) is 0 Å². The molecule has 0 aliphatic heterocycles. The van der Waals surface area contributed by atoms with Gasteiger partial charge in [0.1, 0.15) is 0 Å². The van der Waals surface area contributed by atoms with Crippen molar-refractivity contribution < 1.29 is 5.11 Å². The van der Waals surface area contributed by atoms with Gasteiger partial charge in [0.05, 0.1) is 6.10 Å². The summed E-state index contributed by atoms with van der Waals surface area (Å²) in [5.41, 5.74) is 0. The first-order chi connectivity index (χ1) is 4.70. The Balaban J connectivity index is 2.13. The Morgan fingerprint density at radius 1 is 1.40 bits per heavy atom. The third-order valence-electron chi connectivity index (χ3n) is 2.67. The van der Waals surface area contributed by atoms with Crippen LogP contribution in [0.3, 0.4) is 0 Å². The van der Waals surface area contributed by atoms with Crippen LogP contribution in [0.5, 0.6) is 0 Å². The zero-order valence-corrected chi connectivity index (χ0v) is 7.01. The van der Waals surface area contributed by atoms with E-state index in [4.69, 9.17) is 5.11 Å². The molecule has 0 saturated heterocycles. The van der Waals surface area contributed by atoms with Gasteiger partial charge in [-0.25, -0.2) is 0 Å². The van der Waals surface area contributed by atoms with Gasteiger partial charge in [0.25, 0.3) is 0 Å². The summed E-state index contributed by atoms with van der Waals surface area (Å²) in [6.07, 6.45) is 5.09. The number of hydrogen-bond donors (Lipinski definition) is 1. The fraction of sp³-hybridized carbons (Fsp3) is 1.00. The van der Waals surface area contributed by atoms with Crippen molar-refractivity contribution in [2.75, 3.05) is 0 Å². The summed E-state index contributed by atoms with van der Waals surface area (Å²) in [6.45, 7) is 4.14. The van der Waals surface area contributed by atoms with Crippen LogP contribution in [-0.4, -0.2) is 11.2 Å². The van der Waals surface area contributed by atoms with E-state index in [2.05, 4.69) is 6.92 Å². The molecule has 0 heterocycles. The molecule has 1 heteroatoms. The van der Waals surface area contributed by atoms with E-state index in [9.17, 15) is 0 Å². The Morgan fingerprint density at radius 3 is 2.30 bits per heavy atom. The molecular formula is C9H18O. The second-order valence-electron chi connectivity index (χ2n) is 3.75. The summed E-state index contributed by atoms with van der Waals surface area (Å²) in [5, 5.41) is 9.09. The fourth-order valence-corrected chi connectivity index (χ4v) is 1.74. The normalized spacial score (nSPS) is 25.5. The first kappa shape index (κ1) is 8.06. The minimum Gasteiger partial charge on any atom is -0.393 e. The number of hydrogen-bond acceptors (Lipinski definition) is 1. The molecule has 0 radical (unpaired) electrons. The van der Waals surface area contributed by atoms with Crippen LogP contribution in [0.2, 0.25) is 0 Å². The SMILES string of the molecule is CC(O)CC(C)C1CCC1.